The van der Waals surface area contributed by atoms with Crippen LogP contribution in [0.5, 0.6) is 0 Å². The van der Waals surface area contributed by atoms with E-state index >= 15 is 0 Å². The van der Waals surface area contributed by atoms with Crippen molar-refractivity contribution in [3.05, 3.63) is 67.6 Å². The Kier molecular flexibility index (Phi) is 9.09. The van der Waals surface area contributed by atoms with Crippen LogP contribution in [0.15, 0.2) is 36.4 Å². The molecule has 8 heteroatoms. The predicted molar refractivity (Wildman–Crippen MR) is 120 cm³/mol. The molecule has 0 spiro atoms. The summed E-state index contributed by atoms with van der Waals surface area (Å²) in [5.41, 5.74) is 1.41. The van der Waals surface area contributed by atoms with Crippen LogP contribution in [0.2, 0.25) is 20.1 Å². The summed E-state index contributed by atoms with van der Waals surface area (Å²) in [6, 6.07) is 9.44. The summed E-state index contributed by atoms with van der Waals surface area (Å²) in [5.74, 6) is -0.457. The average molecular weight is 476 g/mol. The summed E-state index contributed by atoms with van der Waals surface area (Å²) in [4.78, 5) is 27.2. The molecule has 0 aliphatic heterocycles. The van der Waals surface area contributed by atoms with E-state index in [4.69, 9.17) is 46.4 Å². The zero-order valence-electron chi connectivity index (χ0n) is 16.1. The first-order valence-corrected chi connectivity index (χ1v) is 10.7. The normalized spacial score (nSPS) is 11.8. The number of carbonyl (C=O) groups is 2. The highest BCUT2D eigenvalue weighted by Crippen LogP contribution is 2.25. The smallest absolute Gasteiger partial charge is 0.242 e. The lowest BCUT2D eigenvalue weighted by Gasteiger charge is -2.29. The minimum Gasteiger partial charge on any atom is -0.354 e. The number of nitrogens with one attached hydrogen (secondary N) is 1. The molecule has 1 N–H and O–H groups in total. The number of hydrogen-bond acceptors (Lipinski definition) is 2. The van der Waals surface area contributed by atoms with Crippen molar-refractivity contribution >= 4 is 58.2 Å². The van der Waals surface area contributed by atoms with Gasteiger partial charge in [-0.05, 0) is 48.7 Å². The Morgan fingerprint density at radius 2 is 1.72 bits per heavy atom. The maximum Gasteiger partial charge on any atom is 0.242 e. The van der Waals surface area contributed by atoms with Crippen LogP contribution in [0.4, 0.5) is 0 Å². The number of nitrogens with zero attached hydrogens (tertiary/aromatic N) is 1. The largest absolute Gasteiger partial charge is 0.354 e. The quantitative estimate of drug-likeness (QED) is 0.525. The molecule has 0 saturated heterocycles. The Morgan fingerprint density at radius 1 is 1.00 bits per heavy atom. The fourth-order valence-corrected chi connectivity index (χ4v) is 3.54. The van der Waals surface area contributed by atoms with Crippen LogP contribution in [0, 0.1) is 0 Å². The lowest BCUT2D eigenvalue weighted by molar-refractivity contribution is -0.140. The van der Waals surface area contributed by atoms with Crippen LogP contribution >= 0.6 is 46.4 Å². The van der Waals surface area contributed by atoms with E-state index in [0.717, 1.165) is 12.0 Å². The van der Waals surface area contributed by atoms with Gasteiger partial charge in [-0.25, -0.2) is 0 Å². The summed E-state index contributed by atoms with van der Waals surface area (Å²) in [6.07, 6.45) is 0.850. The first-order chi connectivity index (χ1) is 13.7. The zero-order chi connectivity index (χ0) is 21.6. The Labute approximate surface area is 191 Å². The van der Waals surface area contributed by atoms with Gasteiger partial charge in [0.05, 0.1) is 16.5 Å². The molecule has 0 aliphatic carbocycles. The molecule has 2 aromatic carbocycles. The van der Waals surface area contributed by atoms with E-state index in [2.05, 4.69) is 5.32 Å². The van der Waals surface area contributed by atoms with E-state index in [1.165, 1.54) is 4.90 Å². The van der Waals surface area contributed by atoms with Crippen LogP contribution in [-0.4, -0.2) is 29.3 Å². The van der Waals surface area contributed by atoms with Crippen molar-refractivity contribution in [3.63, 3.8) is 0 Å². The average Bonchev–Trinajstić information content (AvgIpc) is 2.68. The number of halogens is 4. The summed E-state index contributed by atoms with van der Waals surface area (Å²) in [5, 5.41) is 4.55. The molecule has 0 unspecified atom stereocenters. The van der Waals surface area contributed by atoms with Crippen LogP contribution in [-0.2, 0) is 22.6 Å². The highest BCUT2D eigenvalue weighted by molar-refractivity contribution is 6.42. The van der Waals surface area contributed by atoms with Crippen LogP contribution in [0.25, 0.3) is 0 Å². The highest BCUT2D eigenvalue weighted by Gasteiger charge is 2.26. The van der Waals surface area contributed by atoms with Crippen molar-refractivity contribution in [2.24, 2.45) is 0 Å². The Hall–Kier alpha value is -1.46. The molecule has 156 valence electrons. The van der Waals surface area contributed by atoms with Crippen molar-refractivity contribution in [2.75, 3.05) is 6.54 Å². The second kappa shape index (κ2) is 11.1. The third-order valence-corrected chi connectivity index (χ3v) is 5.74. The minimum absolute atomic E-state index is 0.0444. The molecule has 2 rings (SSSR count). The Morgan fingerprint density at radius 3 is 2.34 bits per heavy atom. The predicted octanol–water partition coefficient (Wildman–Crippen LogP) is 5.79. The summed E-state index contributed by atoms with van der Waals surface area (Å²) < 4.78 is 0. The van der Waals surface area contributed by atoms with E-state index in [0.29, 0.717) is 32.2 Å². The van der Waals surface area contributed by atoms with Crippen molar-refractivity contribution in [2.45, 2.75) is 39.3 Å². The monoisotopic (exact) mass is 474 g/mol. The Bertz CT molecular complexity index is 889. The fraction of sp³-hybridized carbons (Fsp3) is 0.333. The van der Waals surface area contributed by atoms with Crippen molar-refractivity contribution in [3.8, 4) is 0 Å². The molecule has 4 nitrogen and oxygen atoms in total. The molecule has 0 bridgehead atoms. The lowest BCUT2D eigenvalue weighted by Crippen LogP contribution is -2.48. The summed E-state index contributed by atoms with van der Waals surface area (Å²) in [7, 11) is 0. The van der Waals surface area contributed by atoms with E-state index in [1.54, 1.807) is 43.3 Å². The molecule has 0 heterocycles. The minimum atomic E-state index is -0.672. The molecule has 0 fully saturated rings. The second-order valence-corrected chi connectivity index (χ2v) is 8.31. The molecule has 0 radical (unpaired) electrons. The molecule has 0 aliphatic rings. The van der Waals surface area contributed by atoms with Gasteiger partial charge in [0.2, 0.25) is 11.8 Å². The second-order valence-electron chi connectivity index (χ2n) is 6.65. The third kappa shape index (κ3) is 6.78. The first-order valence-electron chi connectivity index (χ1n) is 9.18. The molecule has 2 aromatic rings. The van der Waals surface area contributed by atoms with E-state index in [-0.39, 0.29) is 24.8 Å². The van der Waals surface area contributed by atoms with Crippen molar-refractivity contribution < 1.29 is 9.59 Å². The van der Waals surface area contributed by atoms with Crippen LogP contribution in [0.1, 0.15) is 31.4 Å². The van der Waals surface area contributed by atoms with Crippen LogP contribution < -0.4 is 5.32 Å². The molecular formula is C21H22Cl4N2O2. The number of amides is 2. The van der Waals surface area contributed by atoms with Gasteiger partial charge >= 0.3 is 0 Å². The lowest BCUT2D eigenvalue weighted by atomic mass is 10.1. The van der Waals surface area contributed by atoms with Crippen molar-refractivity contribution in [1.82, 2.24) is 10.2 Å². The van der Waals surface area contributed by atoms with Gasteiger partial charge in [-0.3, -0.25) is 9.59 Å². The number of rotatable bonds is 8. The molecule has 2 amide bonds. The van der Waals surface area contributed by atoms with Gasteiger partial charge in [0.15, 0.2) is 0 Å². The standard InChI is InChI=1S/C21H22Cl4N2O2/c1-3-8-26-21(29)13(2)27(12-14-4-7-17(23)19(25)9-14)20(28)10-15-5-6-16(22)11-18(15)24/h4-7,9,11,13H,3,8,10,12H2,1-2H3,(H,26,29)/t13-/m0/s1. The molecular weight excluding hydrogens is 454 g/mol. The number of benzene rings is 2. The van der Waals surface area contributed by atoms with Gasteiger partial charge in [-0.1, -0.05) is 65.5 Å². The highest BCUT2D eigenvalue weighted by atomic mass is 35.5. The van der Waals surface area contributed by atoms with E-state index < -0.39 is 6.04 Å². The fourth-order valence-electron chi connectivity index (χ4n) is 2.74. The third-order valence-electron chi connectivity index (χ3n) is 4.41. The molecule has 29 heavy (non-hydrogen) atoms. The first kappa shape index (κ1) is 23.8. The van der Waals surface area contributed by atoms with Gasteiger partial charge in [-0.2, -0.15) is 0 Å². The van der Waals surface area contributed by atoms with Gasteiger partial charge in [0.25, 0.3) is 0 Å². The molecule has 1 atom stereocenters. The topological polar surface area (TPSA) is 49.4 Å². The van der Waals surface area contributed by atoms with Gasteiger partial charge in [0.1, 0.15) is 6.04 Å². The maximum atomic E-state index is 13.1. The molecule has 0 aromatic heterocycles. The number of hydrogen-bond donors (Lipinski definition) is 1. The van der Waals surface area contributed by atoms with Crippen molar-refractivity contribution in [1.29, 1.82) is 0 Å². The zero-order valence-corrected chi connectivity index (χ0v) is 19.2. The number of carbonyl (C=O) groups excluding carboxylic acids is 2. The van der Waals surface area contributed by atoms with Crippen LogP contribution in [0.3, 0.4) is 0 Å². The van der Waals surface area contributed by atoms with Gasteiger partial charge in [0, 0.05) is 23.1 Å². The SMILES string of the molecule is CCCNC(=O)[C@H](C)N(Cc1ccc(Cl)c(Cl)c1)C(=O)Cc1ccc(Cl)cc1Cl. The summed E-state index contributed by atoms with van der Waals surface area (Å²) >= 11 is 24.2. The van der Waals surface area contributed by atoms with Gasteiger partial charge in [-0.15, -0.1) is 0 Å². The van der Waals surface area contributed by atoms with E-state index in [9.17, 15) is 9.59 Å². The maximum absolute atomic E-state index is 13.1. The van der Waals surface area contributed by atoms with Gasteiger partial charge < -0.3 is 10.2 Å². The van der Waals surface area contributed by atoms with E-state index in [1.807, 2.05) is 6.92 Å². The summed E-state index contributed by atoms with van der Waals surface area (Å²) in [6.45, 7) is 4.42. The molecule has 0 saturated carbocycles. The Balaban J connectivity index is 2.27.